The number of nitrogen functional groups attached to an aromatic ring is 1. The first-order valence-corrected chi connectivity index (χ1v) is 9.93. The first kappa shape index (κ1) is 17.8. The van der Waals surface area contributed by atoms with Crippen molar-refractivity contribution in [3.8, 4) is 11.3 Å². The van der Waals surface area contributed by atoms with Crippen LogP contribution in [-0.2, 0) is 0 Å². The average molecular weight is 399 g/mol. The molecule has 1 aliphatic rings. The Morgan fingerprint density at radius 3 is 2.48 bits per heavy atom. The van der Waals surface area contributed by atoms with Crippen molar-refractivity contribution in [3.05, 3.63) is 64.5 Å². The monoisotopic (exact) mass is 398 g/mol. The summed E-state index contributed by atoms with van der Waals surface area (Å²) < 4.78 is 0. The molecular formula is C20H19ClN4OS. The van der Waals surface area contributed by atoms with Crippen LogP contribution >= 0.6 is 22.9 Å². The number of carbonyl (C=O) groups is 1. The van der Waals surface area contributed by atoms with Crippen LogP contribution < -0.4 is 10.6 Å². The van der Waals surface area contributed by atoms with Crippen molar-refractivity contribution >= 4 is 39.7 Å². The van der Waals surface area contributed by atoms with E-state index in [1.165, 1.54) is 11.3 Å². The van der Waals surface area contributed by atoms with Gasteiger partial charge in [-0.25, -0.2) is 4.98 Å². The number of rotatable bonds is 3. The van der Waals surface area contributed by atoms with Gasteiger partial charge in [-0.15, -0.1) is 0 Å². The van der Waals surface area contributed by atoms with Crippen molar-refractivity contribution in [3.63, 3.8) is 0 Å². The zero-order valence-corrected chi connectivity index (χ0v) is 16.2. The summed E-state index contributed by atoms with van der Waals surface area (Å²) in [5, 5.41) is 1.13. The molecule has 0 bridgehead atoms. The molecule has 0 radical (unpaired) electrons. The van der Waals surface area contributed by atoms with Crippen LogP contribution in [-0.4, -0.2) is 42.0 Å². The summed E-state index contributed by atoms with van der Waals surface area (Å²) in [4.78, 5) is 22.2. The minimum atomic E-state index is -0.00574. The van der Waals surface area contributed by atoms with Gasteiger partial charge in [-0.05, 0) is 18.2 Å². The van der Waals surface area contributed by atoms with Gasteiger partial charge in [0.15, 0.2) is 5.13 Å². The molecule has 2 N–H and O–H groups in total. The van der Waals surface area contributed by atoms with Gasteiger partial charge in [-0.3, -0.25) is 4.79 Å². The van der Waals surface area contributed by atoms with E-state index >= 15 is 0 Å². The van der Waals surface area contributed by atoms with E-state index in [1.54, 1.807) is 0 Å². The zero-order valence-electron chi connectivity index (χ0n) is 14.6. The summed E-state index contributed by atoms with van der Waals surface area (Å²) in [6.45, 7) is 2.83. The summed E-state index contributed by atoms with van der Waals surface area (Å²) in [7, 11) is 0. The molecule has 2 heterocycles. The van der Waals surface area contributed by atoms with Crippen LogP contribution in [0, 0.1) is 0 Å². The molecule has 1 saturated heterocycles. The molecule has 2 aromatic carbocycles. The molecule has 27 heavy (non-hydrogen) atoms. The van der Waals surface area contributed by atoms with Gasteiger partial charge in [0.05, 0.1) is 5.69 Å². The highest BCUT2D eigenvalue weighted by molar-refractivity contribution is 7.17. The average Bonchev–Trinajstić information content (AvgIpc) is 3.10. The highest BCUT2D eigenvalue weighted by Gasteiger charge is 2.27. The fraction of sp³-hybridized carbons (Fsp3) is 0.200. The maximum absolute atomic E-state index is 13.1. The van der Waals surface area contributed by atoms with Crippen molar-refractivity contribution in [1.29, 1.82) is 0 Å². The summed E-state index contributed by atoms with van der Waals surface area (Å²) in [6.07, 6.45) is 0. The fourth-order valence-electron chi connectivity index (χ4n) is 3.26. The van der Waals surface area contributed by atoms with Crippen molar-refractivity contribution in [2.24, 2.45) is 0 Å². The number of hydrogen-bond acceptors (Lipinski definition) is 5. The van der Waals surface area contributed by atoms with Crippen LogP contribution in [0.3, 0.4) is 0 Å². The minimum absolute atomic E-state index is 0.00574. The Hall–Kier alpha value is -2.57. The third-order valence-electron chi connectivity index (χ3n) is 4.63. The van der Waals surface area contributed by atoms with Crippen molar-refractivity contribution in [2.45, 2.75) is 0 Å². The largest absolute Gasteiger partial charge is 0.375 e. The van der Waals surface area contributed by atoms with Gasteiger partial charge in [0, 0.05) is 42.5 Å². The van der Waals surface area contributed by atoms with E-state index < -0.39 is 0 Å². The van der Waals surface area contributed by atoms with Gasteiger partial charge in [0.25, 0.3) is 5.91 Å². The Kier molecular flexibility index (Phi) is 5.01. The van der Waals surface area contributed by atoms with E-state index in [-0.39, 0.29) is 5.91 Å². The summed E-state index contributed by atoms with van der Waals surface area (Å²) in [6, 6.07) is 17.5. The van der Waals surface area contributed by atoms with E-state index in [4.69, 9.17) is 17.3 Å². The second-order valence-electron chi connectivity index (χ2n) is 6.35. The Bertz CT molecular complexity index is 952. The standard InChI is InChI=1S/C20H19ClN4OS/c21-15-7-4-8-16(13-15)24-9-11-25(12-10-24)19(26)18-17(23-20(22)27-18)14-5-2-1-3-6-14/h1-8,13H,9-12H2,(H2,22,23). The van der Waals surface area contributed by atoms with Crippen molar-refractivity contribution in [1.82, 2.24) is 9.88 Å². The Morgan fingerprint density at radius 1 is 1.04 bits per heavy atom. The lowest BCUT2D eigenvalue weighted by Gasteiger charge is -2.36. The van der Waals surface area contributed by atoms with Crippen molar-refractivity contribution in [2.75, 3.05) is 36.8 Å². The second-order valence-corrected chi connectivity index (χ2v) is 7.82. The predicted octanol–water partition coefficient (Wildman–Crippen LogP) is 4.01. The molecule has 0 unspecified atom stereocenters. The van der Waals surface area contributed by atoms with Crippen LogP contribution in [0.15, 0.2) is 54.6 Å². The first-order chi connectivity index (χ1) is 13.1. The molecule has 0 spiro atoms. The van der Waals surface area contributed by atoms with Crippen LogP contribution in [0.25, 0.3) is 11.3 Å². The summed E-state index contributed by atoms with van der Waals surface area (Å²) >= 11 is 7.35. The maximum atomic E-state index is 13.1. The van der Waals surface area contributed by atoms with E-state index in [9.17, 15) is 4.79 Å². The Balaban J connectivity index is 1.51. The van der Waals surface area contributed by atoms with Gasteiger partial charge < -0.3 is 15.5 Å². The molecule has 0 saturated carbocycles. The van der Waals surface area contributed by atoms with Gasteiger partial charge in [0.2, 0.25) is 0 Å². The van der Waals surface area contributed by atoms with Crippen LogP contribution in [0.5, 0.6) is 0 Å². The van der Waals surface area contributed by atoms with E-state index in [1.807, 2.05) is 59.5 Å². The number of aromatic nitrogens is 1. The summed E-state index contributed by atoms with van der Waals surface area (Å²) in [5.74, 6) is -0.00574. The van der Waals surface area contributed by atoms with Gasteiger partial charge in [-0.1, -0.05) is 59.3 Å². The molecule has 0 aliphatic carbocycles. The second kappa shape index (κ2) is 7.58. The van der Waals surface area contributed by atoms with Gasteiger partial charge in [0.1, 0.15) is 4.88 Å². The highest BCUT2D eigenvalue weighted by atomic mass is 35.5. The first-order valence-electron chi connectivity index (χ1n) is 8.73. The number of piperazine rings is 1. The number of nitrogens with two attached hydrogens (primary N) is 1. The van der Waals surface area contributed by atoms with Gasteiger partial charge >= 0.3 is 0 Å². The normalized spacial score (nSPS) is 14.4. The molecule has 4 rings (SSSR count). The molecule has 138 valence electrons. The van der Waals surface area contributed by atoms with Crippen LogP contribution in [0.4, 0.5) is 10.8 Å². The lowest BCUT2D eigenvalue weighted by atomic mass is 10.1. The molecule has 7 heteroatoms. The number of anilines is 2. The third-order valence-corrected chi connectivity index (χ3v) is 5.73. The number of benzene rings is 2. The summed E-state index contributed by atoms with van der Waals surface area (Å²) in [5.41, 5.74) is 8.57. The maximum Gasteiger partial charge on any atom is 0.266 e. The molecule has 1 aliphatic heterocycles. The van der Waals surface area contributed by atoms with E-state index in [0.29, 0.717) is 28.8 Å². The molecule has 1 fully saturated rings. The number of halogens is 1. The molecule has 0 atom stereocenters. The van der Waals surface area contributed by atoms with E-state index in [2.05, 4.69) is 9.88 Å². The topological polar surface area (TPSA) is 62.5 Å². The SMILES string of the molecule is Nc1nc(-c2ccccc2)c(C(=O)N2CCN(c3cccc(Cl)c3)CC2)s1. The molecule has 3 aromatic rings. The quantitative estimate of drug-likeness (QED) is 0.724. The lowest BCUT2D eigenvalue weighted by Crippen LogP contribution is -2.48. The van der Waals surface area contributed by atoms with Crippen molar-refractivity contribution < 1.29 is 4.79 Å². The molecular weight excluding hydrogens is 380 g/mol. The number of amides is 1. The Labute approximate surface area is 167 Å². The van der Waals surface area contributed by atoms with Gasteiger partial charge in [-0.2, -0.15) is 0 Å². The number of nitrogens with zero attached hydrogens (tertiary/aromatic N) is 3. The lowest BCUT2D eigenvalue weighted by molar-refractivity contribution is 0.0752. The minimum Gasteiger partial charge on any atom is -0.375 e. The van der Waals surface area contributed by atoms with Crippen LogP contribution in [0.1, 0.15) is 9.67 Å². The zero-order chi connectivity index (χ0) is 18.8. The highest BCUT2D eigenvalue weighted by Crippen LogP contribution is 2.31. The number of thiazole rings is 1. The third kappa shape index (κ3) is 3.77. The molecule has 5 nitrogen and oxygen atoms in total. The number of carbonyl (C=O) groups excluding carboxylic acids is 1. The fourth-order valence-corrected chi connectivity index (χ4v) is 4.26. The Morgan fingerprint density at radius 2 is 1.78 bits per heavy atom. The smallest absolute Gasteiger partial charge is 0.266 e. The van der Waals surface area contributed by atoms with Crippen LogP contribution in [0.2, 0.25) is 5.02 Å². The molecule has 1 aromatic heterocycles. The molecule has 1 amide bonds. The van der Waals surface area contributed by atoms with E-state index in [0.717, 1.165) is 29.4 Å². The predicted molar refractivity (Wildman–Crippen MR) is 112 cm³/mol. The number of hydrogen-bond donors (Lipinski definition) is 1.